The highest BCUT2D eigenvalue weighted by Gasteiger charge is 1.96. The Labute approximate surface area is 49.5 Å². The van der Waals surface area contributed by atoms with Crippen LogP contribution in [0.15, 0.2) is 17.8 Å². The molecule has 0 radical (unpaired) electrons. The minimum atomic E-state index is 0.977. The van der Waals surface area contributed by atoms with E-state index in [1.807, 2.05) is 11.2 Å². The fourth-order valence-corrected chi connectivity index (χ4v) is 0.703. The Bertz CT molecular complexity index is 107. The molecule has 1 aliphatic rings. The standard InChI is InChI=1S/C6H10N2/c1-2-8-5-3-4-7-6-8/h2,6H,1,3-5H2. The summed E-state index contributed by atoms with van der Waals surface area (Å²) in [6.45, 7) is 5.67. The Morgan fingerprint density at radius 1 is 1.75 bits per heavy atom. The van der Waals surface area contributed by atoms with Crippen molar-refractivity contribution >= 4 is 6.34 Å². The van der Waals surface area contributed by atoms with Crippen LogP contribution in [0.3, 0.4) is 0 Å². The van der Waals surface area contributed by atoms with Gasteiger partial charge in [-0.05, 0) is 12.6 Å². The molecule has 0 aromatic rings. The summed E-state index contributed by atoms with van der Waals surface area (Å²) in [7, 11) is 0. The summed E-state index contributed by atoms with van der Waals surface area (Å²) in [6, 6.07) is 0. The van der Waals surface area contributed by atoms with Gasteiger partial charge in [-0.15, -0.1) is 0 Å². The zero-order chi connectivity index (χ0) is 5.82. The lowest BCUT2D eigenvalue weighted by atomic mass is 10.4. The molecule has 1 heterocycles. The van der Waals surface area contributed by atoms with Crippen molar-refractivity contribution in [3.63, 3.8) is 0 Å². The lowest BCUT2D eigenvalue weighted by Crippen LogP contribution is -2.20. The largest absolute Gasteiger partial charge is 0.340 e. The Hall–Kier alpha value is -0.790. The van der Waals surface area contributed by atoms with Gasteiger partial charge in [-0.1, -0.05) is 6.58 Å². The molecule has 0 aliphatic carbocycles. The highest BCUT2D eigenvalue weighted by Crippen LogP contribution is 1.94. The topological polar surface area (TPSA) is 15.6 Å². The number of nitrogens with zero attached hydrogens (tertiary/aromatic N) is 2. The van der Waals surface area contributed by atoms with Gasteiger partial charge in [0.1, 0.15) is 0 Å². The number of hydrogen-bond acceptors (Lipinski definition) is 2. The van der Waals surface area contributed by atoms with Gasteiger partial charge in [0.25, 0.3) is 0 Å². The third kappa shape index (κ3) is 1.09. The molecular formula is C6H10N2. The van der Waals surface area contributed by atoms with Crippen LogP contribution in [-0.4, -0.2) is 24.3 Å². The minimum Gasteiger partial charge on any atom is -0.340 e. The molecule has 8 heavy (non-hydrogen) atoms. The maximum atomic E-state index is 4.06. The molecule has 0 spiro atoms. The molecule has 0 amide bonds. The Morgan fingerprint density at radius 3 is 3.00 bits per heavy atom. The Balaban J connectivity index is 2.42. The first-order valence-electron chi connectivity index (χ1n) is 2.82. The summed E-state index contributed by atoms with van der Waals surface area (Å²) in [5.74, 6) is 0. The van der Waals surface area contributed by atoms with Crippen molar-refractivity contribution in [2.75, 3.05) is 13.1 Å². The highest BCUT2D eigenvalue weighted by molar-refractivity contribution is 5.56. The highest BCUT2D eigenvalue weighted by atomic mass is 15.1. The molecule has 0 aromatic heterocycles. The number of aliphatic imine (C=N–C) groups is 1. The van der Waals surface area contributed by atoms with Crippen LogP contribution in [0.4, 0.5) is 0 Å². The summed E-state index contributed by atoms with van der Waals surface area (Å²) in [5.41, 5.74) is 0. The zero-order valence-corrected chi connectivity index (χ0v) is 4.88. The SMILES string of the molecule is C=CN1C=NCCC1. The van der Waals surface area contributed by atoms with E-state index >= 15 is 0 Å². The summed E-state index contributed by atoms with van der Waals surface area (Å²) in [6.07, 6.45) is 4.78. The van der Waals surface area contributed by atoms with Crippen molar-refractivity contribution in [3.05, 3.63) is 12.8 Å². The average Bonchev–Trinajstić information content (AvgIpc) is 1.90. The van der Waals surface area contributed by atoms with Gasteiger partial charge >= 0.3 is 0 Å². The van der Waals surface area contributed by atoms with Crippen LogP contribution in [0.5, 0.6) is 0 Å². The minimum absolute atomic E-state index is 0.977. The first kappa shape index (κ1) is 5.35. The lowest BCUT2D eigenvalue weighted by Gasteiger charge is -2.16. The van der Waals surface area contributed by atoms with Crippen LogP contribution < -0.4 is 0 Å². The van der Waals surface area contributed by atoms with E-state index in [4.69, 9.17) is 0 Å². The van der Waals surface area contributed by atoms with Crippen LogP contribution in [0.25, 0.3) is 0 Å². The molecule has 1 rings (SSSR count). The Morgan fingerprint density at radius 2 is 2.62 bits per heavy atom. The van der Waals surface area contributed by atoms with Gasteiger partial charge in [0.15, 0.2) is 0 Å². The van der Waals surface area contributed by atoms with Gasteiger partial charge in [0.2, 0.25) is 0 Å². The van der Waals surface area contributed by atoms with E-state index in [2.05, 4.69) is 11.6 Å². The van der Waals surface area contributed by atoms with Crippen molar-refractivity contribution < 1.29 is 0 Å². The van der Waals surface area contributed by atoms with Crippen molar-refractivity contribution in [2.24, 2.45) is 4.99 Å². The monoisotopic (exact) mass is 110 g/mol. The van der Waals surface area contributed by atoms with Gasteiger partial charge in [0, 0.05) is 13.1 Å². The second-order valence-corrected chi connectivity index (χ2v) is 1.80. The molecule has 0 atom stereocenters. The van der Waals surface area contributed by atoms with E-state index in [9.17, 15) is 0 Å². The van der Waals surface area contributed by atoms with E-state index in [0.29, 0.717) is 0 Å². The molecule has 0 unspecified atom stereocenters. The number of hydrogen-bond donors (Lipinski definition) is 0. The van der Waals surface area contributed by atoms with Crippen molar-refractivity contribution in [3.8, 4) is 0 Å². The second-order valence-electron chi connectivity index (χ2n) is 1.80. The van der Waals surface area contributed by atoms with E-state index in [-0.39, 0.29) is 0 Å². The maximum Gasteiger partial charge on any atom is 0.0889 e. The fraction of sp³-hybridized carbons (Fsp3) is 0.500. The second kappa shape index (κ2) is 2.50. The van der Waals surface area contributed by atoms with Gasteiger partial charge in [-0.25, -0.2) is 0 Å². The predicted molar refractivity (Wildman–Crippen MR) is 34.9 cm³/mol. The van der Waals surface area contributed by atoms with Crippen LogP contribution in [0, 0.1) is 0 Å². The third-order valence-electron chi connectivity index (χ3n) is 1.17. The lowest BCUT2D eigenvalue weighted by molar-refractivity contribution is 0.525. The molecule has 0 saturated heterocycles. The molecule has 1 aliphatic heterocycles. The molecule has 0 fully saturated rings. The molecule has 0 N–H and O–H groups in total. The van der Waals surface area contributed by atoms with E-state index in [1.165, 1.54) is 0 Å². The molecule has 0 aromatic carbocycles. The smallest absolute Gasteiger partial charge is 0.0889 e. The van der Waals surface area contributed by atoms with E-state index in [1.54, 1.807) is 6.20 Å². The van der Waals surface area contributed by atoms with Crippen LogP contribution >= 0.6 is 0 Å². The molecular weight excluding hydrogens is 100 g/mol. The van der Waals surface area contributed by atoms with Crippen LogP contribution in [0.2, 0.25) is 0 Å². The van der Waals surface area contributed by atoms with Gasteiger partial charge in [-0.2, -0.15) is 0 Å². The van der Waals surface area contributed by atoms with Gasteiger partial charge < -0.3 is 4.90 Å². The van der Waals surface area contributed by atoms with Crippen molar-refractivity contribution in [1.82, 2.24) is 4.90 Å². The summed E-state index contributed by atoms with van der Waals surface area (Å²) in [5, 5.41) is 0. The van der Waals surface area contributed by atoms with E-state index < -0.39 is 0 Å². The fourth-order valence-electron chi connectivity index (χ4n) is 0.703. The van der Waals surface area contributed by atoms with E-state index in [0.717, 1.165) is 19.5 Å². The molecule has 0 saturated carbocycles. The zero-order valence-electron chi connectivity index (χ0n) is 4.88. The normalized spacial score (nSPS) is 18.8. The van der Waals surface area contributed by atoms with Crippen LogP contribution in [0.1, 0.15) is 6.42 Å². The van der Waals surface area contributed by atoms with Gasteiger partial charge in [0.05, 0.1) is 6.34 Å². The maximum absolute atomic E-state index is 4.06. The molecule has 0 bridgehead atoms. The third-order valence-corrected chi connectivity index (χ3v) is 1.17. The number of rotatable bonds is 1. The summed E-state index contributed by atoms with van der Waals surface area (Å²) < 4.78 is 0. The van der Waals surface area contributed by atoms with Crippen LogP contribution in [-0.2, 0) is 0 Å². The molecule has 2 nitrogen and oxygen atoms in total. The molecule has 44 valence electrons. The first-order chi connectivity index (χ1) is 3.93. The summed E-state index contributed by atoms with van der Waals surface area (Å²) >= 11 is 0. The van der Waals surface area contributed by atoms with Crippen molar-refractivity contribution in [1.29, 1.82) is 0 Å². The quantitative estimate of drug-likeness (QED) is 0.489. The predicted octanol–water partition coefficient (Wildman–Crippen LogP) is 0.864. The Kier molecular flexibility index (Phi) is 1.67. The summed E-state index contributed by atoms with van der Waals surface area (Å²) in [4.78, 5) is 6.05. The van der Waals surface area contributed by atoms with Crippen molar-refractivity contribution in [2.45, 2.75) is 6.42 Å². The molecule has 2 heteroatoms. The average molecular weight is 110 g/mol. The first-order valence-corrected chi connectivity index (χ1v) is 2.82. The van der Waals surface area contributed by atoms with Gasteiger partial charge in [-0.3, -0.25) is 4.99 Å².